The Kier molecular flexibility index (Phi) is 6.06. The fraction of sp³-hybridized carbons (Fsp3) is 0.750. The van der Waals surface area contributed by atoms with E-state index in [0.717, 1.165) is 4.48 Å². The molecule has 3 N–H and O–H groups in total. The number of carbonyl (C=O) groups is 1. The summed E-state index contributed by atoms with van der Waals surface area (Å²) in [5.41, 5.74) is 5.29. The van der Waals surface area contributed by atoms with E-state index in [-0.39, 0.29) is 11.9 Å². The van der Waals surface area contributed by atoms with E-state index in [1.807, 2.05) is 0 Å². The lowest BCUT2D eigenvalue weighted by atomic mass is 9.82. The molecule has 1 aliphatic carbocycles. The molecule has 0 unspecified atom stereocenters. The van der Waals surface area contributed by atoms with Crippen LogP contribution in [0.3, 0.4) is 0 Å². The van der Waals surface area contributed by atoms with Crippen molar-refractivity contribution in [1.82, 2.24) is 5.32 Å². The van der Waals surface area contributed by atoms with Gasteiger partial charge in [0, 0.05) is 23.5 Å². The van der Waals surface area contributed by atoms with Crippen molar-refractivity contribution in [3.05, 3.63) is 11.1 Å². The number of amides is 1. The Morgan fingerprint density at radius 1 is 1.44 bits per heavy atom. The molecule has 4 heteroatoms. The fourth-order valence-corrected chi connectivity index (χ4v) is 2.56. The van der Waals surface area contributed by atoms with Crippen LogP contribution in [-0.4, -0.2) is 18.5 Å². The fourth-order valence-electron chi connectivity index (χ4n) is 2.40. The van der Waals surface area contributed by atoms with Gasteiger partial charge in [-0.05, 0) is 18.8 Å². The Morgan fingerprint density at radius 3 is 2.56 bits per heavy atom. The molecule has 1 rings (SSSR count). The molecule has 1 fully saturated rings. The van der Waals surface area contributed by atoms with Gasteiger partial charge in [0.2, 0.25) is 5.91 Å². The minimum absolute atomic E-state index is 0.215. The summed E-state index contributed by atoms with van der Waals surface area (Å²) < 4.78 is 0.915. The second kappa shape index (κ2) is 7.07. The zero-order valence-electron chi connectivity index (χ0n) is 9.68. The highest BCUT2D eigenvalue weighted by Gasteiger charge is 2.24. The van der Waals surface area contributed by atoms with Gasteiger partial charge in [0.1, 0.15) is 0 Å². The molecule has 0 aromatic carbocycles. The van der Waals surface area contributed by atoms with Crippen LogP contribution in [-0.2, 0) is 4.79 Å². The Balaban J connectivity index is 2.47. The molecular weight excluding hydrogens is 268 g/mol. The van der Waals surface area contributed by atoms with Crippen LogP contribution < -0.4 is 11.1 Å². The summed E-state index contributed by atoms with van der Waals surface area (Å²) in [5.74, 6) is 0.372. The minimum Gasteiger partial charge on any atom is -0.370 e. The van der Waals surface area contributed by atoms with Crippen molar-refractivity contribution in [3.8, 4) is 0 Å². The first kappa shape index (κ1) is 13.7. The normalized spacial score (nSPS) is 19.3. The maximum atomic E-state index is 11.0. The first-order valence-electron chi connectivity index (χ1n) is 5.94. The van der Waals surface area contributed by atoms with Gasteiger partial charge >= 0.3 is 0 Å². The molecule has 1 amide bonds. The monoisotopic (exact) mass is 288 g/mol. The van der Waals surface area contributed by atoms with E-state index in [1.54, 1.807) is 0 Å². The molecule has 1 atom stereocenters. The van der Waals surface area contributed by atoms with Crippen molar-refractivity contribution in [2.45, 2.75) is 44.6 Å². The third-order valence-electron chi connectivity index (χ3n) is 3.20. The molecule has 16 heavy (non-hydrogen) atoms. The van der Waals surface area contributed by atoms with Crippen molar-refractivity contribution in [2.24, 2.45) is 11.7 Å². The van der Waals surface area contributed by atoms with E-state index in [4.69, 9.17) is 5.73 Å². The Bertz CT molecular complexity index is 249. The van der Waals surface area contributed by atoms with Crippen LogP contribution in [0.4, 0.5) is 0 Å². The van der Waals surface area contributed by atoms with E-state index in [2.05, 4.69) is 27.8 Å². The van der Waals surface area contributed by atoms with Crippen molar-refractivity contribution in [1.29, 1.82) is 0 Å². The van der Waals surface area contributed by atoms with Crippen LogP contribution in [0.15, 0.2) is 11.1 Å². The zero-order chi connectivity index (χ0) is 12.0. The molecule has 1 aliphatic rings. The average Bonchev–Trinajstić information content (AvgIpc) is 2.25. The molecule has 0 aromatic rings. The number of hydrogen-bond acceptors (Lipinski definition) is 2. The van der Waals surface area contributed by atoms with Crippen molar-refractivity contribution < 1.29 is 4.79 Å². The van der Waals surface area contributed by atoms with Gasteiger partial charge in [0.15, 0.2) is 0 Å². The number of carbonyl (C=O) groups excluding carboxylic acids is 1. The molecule has 0 radical (unpaired) electrons. The third kappa shape index (κ3) is 5.12. The van der Waals surface area contributed by atoms with Gasteiger partial charge in [0.25, 0.3) is 0 Å². The Hall–Kier alpha value is -0.350. The second-order valence-corrected chi connectivity index (χ2v) is 5.69. The standard InChI is InChI=1S/C12H21BrN2O/c1-9(13)8-15-11(7-12(14)16)10-5-3-2-4-6-10/h10-11,15H,1-8H2,(H2,14,16)/t11-/m1/s1. The minimum atomic E-state index is -0.219. The quantitative estimate of drug-likeness (QED) is 0.788. The molecule has 0 spiro atoms. The first-order valence-corrected chi connectivity index (χ1v) is 6.74. The molecule has 0 saturated heterocycles. The topological polar surface area (TPSA) is 55.1 Å². The average molecular weight is 289 g/mol. The smallest absolute Gasteiger partial charge is 0.218 e. The van der Waals surface area contributed by atoms with Gasteiger partial charge in [-0.3, -0.25) is 4.79 Å². The Labute approximate surface area is 106 Å². The summed E-state index contributed by atoms with van der Waals surface area (Å²) >= 11 is 3.32. The maximum absolute atomic E-state index is 11.0. The predicted octanol–water partition coefficient (Wildman–Crippen LogP) is 2.31. The molecule has 3 nitrogen and oxygen atoms in total. The van der Waals surface area contributed by atoms with E-state index >= 15 is 0 Å². The van der Waals surface area contributed by atoms with E-state index in [9.17, 15) is 4.79 Å². The maximum Gasteiger partial charge on any atom is 0.218 e. The van der Waals surface area contributed by atoms with Gasteiger partial charge in [-0.15, -0.1) is 0 Å². The number of nitrogens with one attached hydrogen (secondary N) is 1. The van der Waals surface area contributed by atoms with Crippen LogP contribution in [0.2, 0.25) is 0 Å². The molecule has 0 bridgehead atoms. The summed E-state index contributed by atoms with van der Waals surface area (Å²) in [7, 11) is 0. The van der Waals surface area contributed by atoms with Gasteiger partial charge in [0.05, 0.1) is 0 Å². The van der Waals surface area contributed by atoms with Crippen LogP contribution in [0, 0.1) is 5.92 Å². The first-order chi connectivity index (χ1) is 7.59. The van der Waals surface area contributed by atoms with E-state index in [0.29, 0.717) is 18.9 Å². The second-order valence-electron chi connectivity index (χ2n) is 4.57. The van der Waals surface area contributed by atoms with Crippen LogP contribution >= 0.6 is 15.9 Å². The van der Waals surface area contributed by atoms with Crippen LogP contribution in [0.25, 0.3) is 0 Å². The molecular formula is C12H21BrN2O. The SMILES string of the molecule is C=C(Br)CN[C@H](CC(N)=O)C1CCCCC1. The summed E-state index contributed by atoms with van der Waals surface area (Å²) in [5, 5.41) is 3.37. The number of nitrogens with two attached hydrogens (primary N) is 1. The van der Waals surface area contributed by atoms with Crippen LogP contribution in [0.5, 0.6) is 0 Å². The highest BCUT2D eigenvalue weighted by Crippen LogP contribution is 2.27. The summed E-state index contributed by atoms with van der Waals surface area (Å²) in [4.78, 5) is 11.0. The summed E-state index contributed by atoms with van der Waals surface area (Å²) in [6, 6.07) is 0.215. The number of primary amides is 1. The third-order valence-corrected chi connectivity index (χ3v) is 3.48. The highest BCUT2D eigenvalue weighted by molar-refractivity contribution is 9.11. The van der Waals surface area contributed by atoms with Crippen molar-refractivity contribution in [2.75, 3.05) is 6.54 Å². The van der Waals surface area contributed by atoms with Crippen molar-refractivity contribution in [3.63, 3.8) is 0 Å². The number of hydrogen-bond donors (Lipinski definition) is 2. The number of rotatable bonds is 6. The van der Waals surface area contributed by atoms with Gasteiger partial charge in [-0.1, -0.05) is 41.8 Å². The predicted molar refractivity (Wildman–Crippen MR) is 70.2 cm³/mol. The lowest BCUT2D eigenvalue weighted by Gasteiger charge is -2.30. The Morgan fingerprint density at radius 2 is 2.06 bits per heavy atom. The molecule has 92 valence electrons. The van der Waals surface area contributed by atoms with Crippen molar-refractivity contribution >= 4 is 21.8 Å². The van der Waals surface area contributed by atoms with Gasteiger partial charge in [-0.2, -0.15) is 0 Å². The zero-order valence-corrected chi connectivity index (χ0v) is 11.3. The van der Waals surface area contributed by atoms with Crippen LogP contribution in [0.1, 0.15) is 38.5 Å². The summed E-state index contributed by atoms with van der Waals surface area (Å²) in [6.45, 7) is 4.49. The van der Waals surface area contributed by atoms with Gasteiger partial charge in [-0.25, -0.2) is 0 Å². The highest BCUT2D eigenvalue weighted by atomic mass is 79.9. The molecule has 0 aliphatic heterocycles. The molecule has 0 heterocycles. The van der Waals surface area contributed by atoms with Gasteiger partial charge < -0.3 is 11.1 Å². The van der Waals surface area contributed by atoms with E-state index in [1.165, 1.54) is 32.1 Å². The summed E-state index contributed by atoms with van der Waals surface area (Å²) in [6.07, 6.45) is 6.73. The molecule has 1 saturated carbocycles. The molecule has 0 aromatic heterocycles. The lowest BCUT2D eigenvalue weighted by molar-refractivity contribution is -0.118. The van der Waals surface area contributed by atoms with E-state index < -0.39 is 0 Å². The lowest BCUT2D eigenvalue weighted by Crippen LogP contribution is -2.40. The number of halogens is 1. The largest absolute Gasteiger partial charge is 0.370 e.